The molecule has 237 valence electrons. The molecule has 7 heterocycles. The van der Waals surface area contributed by atoms with Crippen molar-refractivity contribution in [2.45, 2.75) is 12.4 Å². The van der Waals surface area contributed by atoms with Crippen LogP contribution in [-0.2, 0) is 24.1 Å². The number of imidazole rings is 1. The molecule has 0 amide bonds. The zero-order chi connectivity index (χ0) is 31.0. The van der Waals surface area contributed by atoms with E-state index in [2.05, 4.69) is 30.3 Å². The largest absolute Gasteiger partial charge is 1.00 e. The van der Waals surface area contributed by atoms with E-state index in [0.717, 1.165) is 0 Å². The maximum Gasteiger partial charge on any atom is 0.420 e. The number of alkyl halides is 6. The molecule has 7 rings (SSSR count). The number of aliphatic imine (C=N–C) groups is 3. The molecule has 2 aromatic rings. The smallest absolute Gasteiger partial charge is 0.420 e. The second kappa shape index (κ2) is 11.6. The Labute approximate surface area is 274 Å². The number of halogens is 7. The summed E-state index contributed by atoms with van der Waals surface area (Å²) in [6.07, 6.45) is 4.43. The quantitative estimate of drug-likeness (QED) is 0.356. The van der Waals surface area contributed by atoms with Crippen molar-refractivity contribution in [2.24, 2.45) is 22.0 Å². The number of nitrogens with one attached hydrogen (secondary N) is 2. The summed E-state index contributed by atoms with van der Waals surface area (Å²) >= 11 is 0. The van der Waals surface area contributed by atoms with Crippen LogP contribution in [0.5, 0.6) is 0 Å². The third kappa shape index (κ3) is 5.44. The summed E-state index contributed by atoms with van der Waals surface area (Å²) < 4.78 is 89.6. The van der Waals surface area contributed by atoms with Gasteiger partial charge in [0.1, 0.15) is 22.8 Å². The number of nitrogens with zero attached hydrogens (tertiary/aromatic N) is 6. The Morgan fingerprint density at radius 1 is 0.696 bits per heavy atom. The molecule has 0 saturated carbocycles. The van der Waals surface area contributed by atoms with Crippen molar-refractivity contribution in [1.82, 2.24) is 24.8 Å². The molecule has 5 aliphatic heterocycles. The van der Waals surface area contributed by atoms with E-state index in [4.69, 9.17) is 0 Å². The zero-order valence-corrected chi connectivity index (χ0v) is 25.6. The number of aromatic nitrogens is 3. The minimum absolute atomic E-state index is 0. The van der Waals surface area contributed by atoms with Gasteiger partial charge in [-0.05, 0) is 48.6 Å². The Kier molecular flexibility index (Phi) is 8.30. The van der Waals surface area contributed by atoms with Crippen LogP contribution in [0.4, 0.5) is 26.3 Å². The van der Waals surface area contributed by atoms with Gasteiger partial charge in [-0.25, -0.2) is 20.0 Å². The van der Waals surface area contributed by atoms with Crippen LogP contribution in [0.2, 0.25) is 0 Å². The fourth-order valence-corrected chi connectivity index (χ4v) is 5.47. The van der Waals surface area contributed by atoms with Crippen LogP contribution in [0.25, 0.3) is 16.7 Å². The Balaban J connectivity index is 0.00000208. The molecule has 2 N–H and O–H groups in total. The van der Waals surface area contributed by atoms with E-state index >= 15 is 0 Å². The standard InChI is InChI=1S/C30H20F6N8.ClH.Mn/c1-43-13-11-37-27(43)23-15-3-7-19(39-15)25(29(31,32)33)21-9-5-17(41-21)24(28-38-12-14-44(28)2)18-6-10-22(42-18)26(30(34,35)36)20-8-4-16(23)40-20;;/h3-14,37,39H,1-2H3;1H;/p-1/b24-18?,25-21?,26-20?,27-23+;;. The average molecular weight is 697 g/mol. The fraction of sp³-hybridized carbons (Fsp3) is 0.133. The summed E-state index contributed by atoms with van der Waals surface area (Å²) in [6, 6.07) is 2.69. The van der Waals surface area contributed by atoms with Crippen LogP contribution in [0.15, 0.2) is 117 Å². The van der Waals surface area contributed by atoms with Crippen molar-refractivity contribution in [3.63, 3.8) is 0 Å². The topological polar surface area (TPSA) is 86.0 Å². The summed E-state index contributed by atoms with van der Waals surface area (Å²) in [5.41, 5.74) is -2.67. The van der Waals surface area contributed by atoms with Crippen LogP contribution in [0, 0.1) is 0 Å². The van der Waals surface area contributed by atoms with Gasteiger partial charge >= 0.3 is 12.4 Å². The van der Waals surface area contributed by atoms with Crippen LogP contribution in [0.1, 0.15) is 17.2 Å². The first-order valence-electron chi connectivity index (χ1n) is 13.2. The Bertz CT molecular complexity index is 1990. The molecule has 8 nitrogen and oxygen atoms in total. The maximum atomic E-state index is 14.7. The molecular formula is C30H20ClF6MnN8-. The molecule has 5 aliphatic rings. The van der Waals surface area contributed by atoms with E-state index in [1.807, 2.05) is 0 Å². The monoisotopic (exact) mass is 696 g/mol. The number of H-pyrrole nitrogens is 1. The van der Waals surface area contributed by atoms with Gasteiger partial charge in [-0.15, -0.1) is 0 Å². The molecule has 46 heavy (non-hydrogen) atoms. The van der Waals surface area contributed by atoms with Gasteiger partial charge < -0.3 is 32.2 Å². The van der Waals surface area contributed by atoms with Crippen molar-refractivity contribution in [3.05, 3.63) is 119 Å². The number of aryl methyl sites for hydroxylation is 1. The number of fused-ring (bicyclic) bond motifs is 5. The molecule has 16 heteroatoms. The second-order valence-corrected chi connectivity index (χ2v) is 10.2. The number of hydrogen-bond donors (Lipinski definition) is 2. The van der Waals surface area contributed by atoms with Gasteiger partial charge in [0.05, 0.1) is 56.8 Å². The summed E-state index contributed by atoms with van der Waals surface area (Å²) in [5, 5.41) is 3.01. The first kappa shape index (κ1) is 32.8. The SMILES string of the molecule is CN1C=CN/C1=C1\C2=NC(=C(C(F)(F)F)C3=NC(=C(c4nccn4C)C4=NC(=C(C(F)(F)F)c5ccc1[nH]5)C=C4)C=C3)C=C2.[Cl-].[Mn]. The van der Waals surface area contributed by atoms with Crippen molar-refractivity contribution in [2.75, 3.05) is 7.05 Å². The van der Waals surface area contributed by atoms with E-state index in [-0.39, 0.29) is 80.7 Å². The van der Waals surface area contributed by atoms with Crippen LogP contribution < -0.4 is 17.7 Å². The third-order valence-corrected chi connectivity index (χ3v) is 7.40. The maximum absolute atomic E-state index is 14.7. The molecule has 0 aromatic carbocycles. The Hall–Kier alpha value is -4.59. The molecular weight excluding hydrogens is 677 g/mol. The second-order valence-electron chi connectivity index (χ2n) is 10.2. The molecule has 0 atom stereocenters. The van der Waals surface area contributed by atoms with Gasteiger partial charge in [0.25, 0.3) is 0 Å². The number of allylic oxidation sites excluding steroid dienone is 10. The summed E-state index contributed by atoms with van der Waals surface area (Å²) in [5.74, 6) is 0.666. The van der Waals surface area contributed by atoms with Crippen molar-refractivity contribution < 1.29 is 55.8 Å². The molecule has 2 aromatic heterocycles. The normalized spacial score (nSPS) is 20.3. The molecule has 0 spiro atoms. The third-order valence-electron chi connectivity index (χ3n) is 7.40. The van der Waals surface area contributed by atoms with E-state index in [9.17, 15) is 26.3 Å². The van der Waals surface area contributed by atoms with Gasteiger partial charge in [0.2, 0.25) is 0 Å². The summed E-state index contributed by atoms with van der Waals surface area (Å²) in [7, 11) is 3.34. The number of hydrogen-bond acceptors (Lipinski definition) is 6. The first-order chi connectivity index (χ1) is 20.9. The average Bonchev–Trinajstić information content (AvgIpc) is 3.76. The summed E-state index contributed by atoms with van der Waals surface area (Å²) in [6.45, 7) is 0. The van der Waals surface area contributed by atoms with Crippen molar-refractivity contribution >= 4 is 33.9 Å². The first-order valence-corrected chi connectivity index (χ1v) is 13.2. The minimum atomic E-state index is -4.84. The Morgan fingerprint density at radius 3 is 1.85 bits per heavy atom. The number of aromatic amines is 1. The van der Waals surface area contributed by atoms with Gasteiger partial charge in [-0.1, -0.05) is 0 Å². The molecule has 8 bridgehead atoms. The van der Waals surface area contributed by atoms with Crippen molar-refractivity contribution in [1.29, 1.82) is 0 Å². The fourth-order valence-electron chi connectivity index (χ4n) is 5.47. The van der Waals surface area contributed by atoms with Crippen LogP contribution in [0.3, 0.4) is 0 Å². The van der Waals surface area contributed by atoms with Crippen LogP contribution in [-0.4, -0.2) is 56.0 Å². The molecule has 0 aliphatic carbocycles. The van der Waals surface area contributed by atoms with E-state index in [0.29, 0.717) is 5.82 Å². The zero-order valence-electron chi connectivity index (χ0n) is 23.6. The van der Waals surface area contributed by atoms with E-state index in [1.54, 1.807) is 42.2 Å². The number of rotatable bonds is 1. The van der Waals surface area contributed by atoms with Gasteiger partial charge in [-0.3, -0.25) is 0 Å². The predicted octanol–water partition coefficient (Wildman–Crippen LogP) is 2.97. The molecule has 0 unspecified atom stereocenters. The van der Waals surface area contributed by atoms with Crippen LogP contribution >= 0.6 is 0 Å². The van der Waals surface area contributed by atoms with Gasteiger partial charge in [0.15, 0.2) is 0 Å². The van der Waals surface area contributed by atoms with Gasteiger partial charge in [0, 0.05) is 56.0 Å². The van der Waals surface area contributed by atoms with Gasteiger partial charge in [-0.2, -0.15) is 26.3 Å². The molecule has 0 saturated heterocycles. The summed E-state index contributed by atoms with van der Waals surface area (Å²) in [4.78, 5) is 21.8. The molecule has 0 fully saturated rings. The van der Waals surface area contributed by atoms with E-state index in [1.165, 1.54) is 54.8 Å². The van der Waals surface area contributed by atoms with E-state index < -0.39 is 34.9 Å². The Morgan fingerprint density at radius 2 is 1.26 bits per heavy atom. The molecule has 1 radical (unpaired) electrons. The minimum Gasteiger partial charge on any atom is -1.00 e. The predicted molar refractivity (Wildman–Crippen MR) is 154 cm³/mol. The van der Waals surface area contributed by atoms with Crippen molar-refractivity contribution in [3.8, 4) is 0 Å².